The zero-order valence-electron chi connectivity index (χ0n) is 12.3. The summed E-state index contributed by atoms with van der Waals surface area (Å²) >= 11 is 1.37. The molecule has 1 fully saturated rings. The van der Waals surface area contributed by atoms with Gasteiger partial charge in [0.2, 0.25) is 0 Å². The minimum Gasteiger partial charge on any atom is -0.507 e. The van der Waals surface area contributed by atoms with Crippen molar-refractivity contribution in [2.24, 2.45) is 0 Å². The lowest BCUT2D eigenvalue weighted by atomic mass is 10.1. The van der Waals surface area contributed by atoms with Crippen molar-refractivity contribution in [2.45, 2.75) is 13.8 Å². The van der Waals surface area contributed by atoms with E-state index in [1.165, 1.54) is 16.7 Å². The van der Waals surface area contributed by atoms with Crippen molar-refractivity contribution in [1.82, 2.24) is 4.90 Å². The van der Waals surface area contributed by atoms with Gasteiger partial charge in [-0.1, -0.05) is 0 Å². The molecule has 1 aliphatic heterocycles. The number of carbonyl (C=O) groups excluding carboxylic acids is 1. The molecule has 2 rings (SSSR count). The van der Waals surface area contributed by atoms with Gasteiger partial charge in [-0.05, 0) is 48.7 Å². The predicted octanol–water partition coefficient (Wildman–Crippen LogP) is 2.06. The molecule has 0 atom stereocenters. The fourth-order valence-corrected chi connectivity index (χ4v) is 3.99. The van der Waals surface area contributed by atoms with E-state index in [1.807, 2.05) is 0 Å². The first-order chi connectivity index (χ1) is 10.2. The maximum absolute atomic E-state index is 12.3. The Kier molecular flexibility index (Phi) is 5.02. The Balaban J connectivity index is 2.28. The highest BCUT2D eigenvalue weighted by Crippen LogP contribution is 2.38. The quantitative estimate of drug-likeness (QED) is 0.574. The summed E-state index contributed by atoms with van der Waals surface area (Å²) in [5.41, 5.74) is 2.21. The summed E-state index contributed by atoms with van der Waals surface area (Å²) in [5.74, 6) is 0.448. The van der Waals surface area contributed by atoms with Crippen LogP contribution < -0.4 is 0 Å². The number of phenolic OH excluding ortho intramolecular Hbond substituents is 1. The number of hydrogen-bond acceptors (Lipinski definition) is 4. The van der Waals surface area contributed by atoms with Crippen molar-refractivity contribution in [1.29, 1.82) is 0 Å². The molecule has 1 aromatic carbocycles. The summed E-state index contributed by atoms with van der Waals surface area (Å²) in [6.45, 7) is 3.88. The van der Waals surface area contributed by atoms with Gasteiger partial charge in [-0.2, -0.15) is 0 Å². The zero-order chi connectivity index (χ0) is 16.5. The van der Waals surface area contributed by atoms with Gasteiger partial charge in [0.15, 0.2) is 0 Å². The van der Waals surface area contributed by atoms with E-state index in [-0.39, 0.29) is 11.7 Å². The molecule has 8 heteroatoms. The Morgan fingerprint density at radius 2 is 1.91 bits per heavy atom. The Labute approximate surface area is 133 Å². The van der Waals surface area contributed by atoms with E-state index in [0.717, 1.165) is 5.56 Å². The maximum atomic E-state index is 12.3. The number of aryl methyl sites for hydroxylation is 2. The lowest BCUT2D eigenvalue weighted by molar-refractivity contribution is -0.125. The minimum absolute atomic E-state index is 0.230. The molecule has 1 aromatic rings. The van der Waals surface area contributed by atoms with Gasteiger partial charge in [0, 0.05) is 12.3 Å². The second-order valence-corrected chi connectivity index (χ2v) is 7.98. The molecule has 0 radical (unpaired) electrons. The van der Waals surface area contributed by atoms with Gasteiger partial charge in [0.1, 0.15) is 12.0 Å². The van der Waals surface area contributed by atoms with E-state index in [9.17, 15) is 14.5 Å². The summed E-state index contributed by atoms with van der Waals surface area (Å²) in [6, 6.07) is 3.54. The molecule has 1 saturated heterocycles. The van der Waals surface area contributed by atoms with Gasteiger partial charge < -0.3 is 19.8 Å². The number of nitrogens with zero attached hydrogens (tertiary/aromatic N) is 1. The van der Waals surface area contributed by atoms with Crippen molar-refractivity contribution >= 4 is 31.3 Å². The van der Waals surface area contributed by atoms with Crippen LogP contribution in [0.2, 0.25) is 0 Å². The highest BCUT2D eigenvalue weighted by atomic mass is 32.2. The third-order valence-electron chi connectivity index (χ3n) is 3.28. The van der Waals surface area contributed by atoms with Gasteiger partial charge in [-0.15, -0.1) is 11.8 Å². The summed E-state index contributed by atoms with van der Waals surface area (Å²) in [5, 5.41) is 9.77. The number of aromatic hydroxyl groups is 1. The Morgan fingerprint density at radius 3 is 2.45 bits per heavy atom. The smallest absolute Gasteiger partial charge is 0.344 e. The Hall–Kier alpha value is -1.27. The molecule has 0 unspecified atom stereocenters. The summed E-state index contributed by atoms with van der Waals surface area (Å²) in [6.07, 6.45) is 1.13. The van der Waals surface area contributed by atoms with E-state index in [2.05, 4.69) is 0 Å². The lowest BCUT2D eigenvalue weighted by Gasteiger charge is -2.28. The average molecular weight is 343 g/mol. The first-order valence-corrected chi connectivity index (χ1v) is 9.44. The van der Waals surface area contributed by atoms with Crippen LogP contribution in [-0.2, 0) is 9.36 Å². The predicted molar refractivity (Wildman–Crippen MR) is 86.6 cm³/mol. The molecule has 22 heavy (non-hydrogen) atoms. The third-order valence-corrected chi connectivity index (χ3v) is 4.98. The Morgan fingerprint density at radius 1 is 1.32 bits per heavy atom. The van der Waals surface area contributed by atoms with Gasteiger partial charge >= 0.3 is 7.60 Å². The van der Waals surface area contributed by atoms with Crippen molar-refractivity contribution in [2.75, 3.05) is 18.6 Å². The van der Waals surface area contributed by atoms with Gasteiger partial charge in [-0.3, -0.25) is 9.36 Å². The van der Waals surface area contributed by atoms with Crippen LogP contribution in [-0.4, -0.2) is 44.3 Å². The molecular weight excluding hydrogens is 325 g/mol. The van der Waals surface area contributed by atoms with Crippen molar-refractivity contribution in [3.05, 3.63) is 33.7 Å². The monoisotopic (exact) mass is 343 g/mol. The fraction of sp³-hybridized carbons (Fsp3) is 0.357. The minimum atomic E-state index is -4.27. The molecule has 1 heterocycles. The molecule has 0 aromatic heterocycles. The fourth-order valence-electron chi connectivity index (χ4n) is 2.27. The molecule has 1 amide bonds. The number of amides is 1. The van der Waals surface area contributed by atoms with Crippen LogP contribution in [0, 0.1) is 13.8 Å². The van der Waals surface area contributed by atoms with Crippen LogP contribution in [0.4, 0.5) is 0 Å². The summed E-state index contributed by atoms with van der Waals surface area (Å²) in [7, 11) is -4.27. The maximum Gasteiger partial charge on any atom is 0.344 e. The van der Waals surface area contributed by atoms with Crippen LogP contribution in [0.1, 0.15) is 16.7 Å². The van der Waals surface area contributed by atoms with Crippen LogP contribution >= 0.6 is 19.4 Å². The number of carbonyl (C=O) groups is 1. The van der Waals surface area contributed by atoms with Gasteiger partial charge in [0.25, 0.3) is 5.91 Å². The van der Waals surface area contributed by atoms with Crippen LogP contribution in [0.3, 0.4) is 0 Å². The molecule has 0 aliphatic carbocycles. The second kappa shape index (κ2) is 6.46. The third kappa shape index (κ3) is 4.14. The van der Waals surface area contributed by atoms with Crippen molar-refractivity contribution in [3.63, 3.8) is 0 Å². The van der Waals surface area contributed by atoms with E-state index in [1.54, 1.807) is 32.1 Å². The second-order valence-electron chi connectivity index (χ2n) is 5.24. The zero-order valence-corrected chi connectivity index (χ0v) is 14.0. The van der Waals surface area contributed by atoms with E-state index in [0.29, 0.717) is 28.3 Å². The number of rotatable bonds is 3. The molecule has 6 nitrogen and oxygen atoms in total. The highest BCUT2D eigenvalue weighted by molar-refractivity contribution is 8.04. The normalized spacial score (nSPS) is 18.1. The number of phenols is 1. The number of benzene rings is 1. The topological polar surface area (TPSA) is 98.1 Å². The Bertz CT molecular complexity index is 659. The van der Waals surface area contributed by atoms with Crippen molar-refractivity contribution < 1.29 is 24.3 Å². The molecule has 0 spiro atoms. The molecule has 120 valence electrons. The highest BCUT2D eigenvalue weighted by Gasteiger charge is 2.29. The molecular formula is C14H18NO5PS. The van der Waals surface area contributed by atoms with E-state index in [4.69, 9.17) is 9.79 Å². The number of thioether (sulfide) groups is 1. The SMILES string of the molecule is Cc1cc(/C=C2/SCCN(CP(=O)(O)O)C2=O)cc(C)c1O. The van der Waals surface area contributed by atoms with Gasteiger partial charge in [0.05, 0.1) is 4.91 Å². The van der Waals surface area contributed by atoms with Crippen molar-refractivity contribution in [3.8, 4) is 5.75 Å². The largest absolute Gasteiger partial charge is 0.507 e. The van der Waals surface area contributed by atoms with Crippen LogP contribution in [0.15, 0.2) is 17.0 Å². The summed E-state index contributed by atoms with van der Waals surface area (Å²) < 4.78 is 11.1. The average Bonchev–Trinajstić information content (AvgIpc) is 2.39. The molecule has 0 bridgehead atoms. The molecule has 3 N–H and O–H groups in total. The van der Waals surface area contributed by atoms with E-state index >= 15 is 0 Å². The first-order valence-electron chi connectivity index (χ1n) is 6.66. The van der Waals surface area contributed by atoms with Crippen LogP contribution in [0.5, 0.6) is 5.75 Å². The van der Waals surface area contributed by atoms with E-state index < -0.39 is 13.9 Å². The standard InChI is InChI=1S/C14H18NO5PS/c1-9-5-11(6-10(2)13(9)16)7-12-14(17)15(3-4-22-12)8-21(18,19)20/h5-7,16H,3-4,8H2,1-2H3,(H2,18,19,20)/b12-7+. The molecule has 1 aliphatic rings. The van der Waals surface area contributed by atoms with Crippen LogP contribution in [0.25, 0.3) is 6.08 Å². The number of hydrogen-bond donors (Lipinski definition) is 3. The summed E-state index contributed by atoms with van der Waals surface area (Å²) in [4.78, 5) is 32.0. The molecule has 0 saturated carbocycles. The lowest BCUT2D eigenvalue weighted by Crippen LogP contribution is -2.37. The van der Waals surface area contributed by atoms with Gasteiger partial charge in [-0.25, -0.2) is 0 Å². The first kappa shape index (κ1) is 17.1.